The molecule has 5 nitrogen and oxygen atoms in total. The van der Waals surface area contributed by atoms with E-state index in [-0.39, 0.29) is 5.69 Å². The molecule has 172 valence electrons. The lowest BCUT2D eigenvalue weighted by Gasteiger charge is -2.12. The van der Waals surface area contributed by atoms with E-state index in [2.05, 4.69) is 12.1 Å². The molecule has 1 heterocycles. The van der Waals surface area contributed by atoms with Crippen molar-refractivity contribution in [2.24, 2.45) is 0 Å². The van der Waals surface area contributed by atoms with Gasteiger partial charge in [-0.3, -0.25) is 9.13 Å². The van der Waals surface area contributed by atoms with Gasteiger partial charge in [-0.05, 0) is 35.4 Å². The highest BCUT2D eigenvalue weighted by atomic mass is 16.1. The van der Waals surface area contributed by atoms with Crippen molar-refractivity contribution in [3.63, 3.8) is 0 Å². The summed E-state index contributed by atoms with van der Waals surface area (Å²) >= 11 is 0. The number of imidazole rings is 1. The molecule has 0 bridgehead atoms. The minimum atomic E-state index is -0.139. The van der Waals surface area contributed by atoms with Crippen molar-refractivity contribution >= 4 is 0 Å². The minimum Gasteiger partial charge on any atom is -0.287 e. The lowest BCUT2D eigenvalue weighted by Crippen LogP contribution is -2.26. The van der Waals surface area contributed by atoms with Crippen LogP contribution < -0.4 is 5.69 Å². The molecule has 0 saturated heterocycles. The Hall–Kier alpha value is -5.13. The quantitative estimate of drug-likeness (QED) is 0.316. The molecule has 0 amide bonds. The van der Waals surface area contributed by atoms with E-state index in [9.17, 15) is 10.1 Å². The number of nitrogens with zero attached hydrogens (tertiary/aromatic N) is 4. The maximum Gasteiger partial charge on any atom is 0.329 e. The Kier molecular flexibility index (Phi) is 6.30. The van der Waals surface area contributed by atoms with Crippen LogP contribution >= 0.6 is 0 Å². The Morgan fingerprint density at radius 1 is 0.556 bits per heavy atom. The summed E-state index contributed by atoms with van der Waals surface area (Å²) in [5, 5.41) is 18.5. The lowest BCUT2D eigenvalue weighted by molar-refractivity contribution is 0.689. The average Bonchev–Trinajstić information content (AvgIpc) is 3.21. The van der Waals surface area contributed by atoms with E-state index in [4.69, 9.17) is 5.26 Å². The Labute approximate surface area is 209 Å². The van der Waals surface area contributed by atoms with Crippen LogP contribution in [-0.4, -0.2) is 9.13 Å². The van der Waals surface area contributed by atoms with Crippen LogP contribution in [0.2, 0.25) is 0 Å². The normalized spacial score (nSPS) is 10.5. The van der Waals surface area contributed by atoms with E-state index in [1.165, 1.54) is 0 Å². The predicted molar refractivity (Wildman–Crippen MR) is 140 cm³/mol. The fourth-order valence-corrected chi connectivity index (χ4v) is 4.45. The standard InChI is InChI=1S/C31H22N4O/c32-19-23-14-16-24(17-15-23)21-34-29(27-10-3-1-4-11-27)30(28-12-5-2-6-13-28)35(31(34)36)22-26-9-7-8-25(18-26)20-33/h1-18H,21-22H2. The summed E-state index contributed by atoms with van der Waals surface area (Å²) in [7, 11) is 0. The molecule has 5 heteroatoms. The zero-order valence-corrected chi connectivity index (χ0v) is 19.5. The van der Waals surface area contributed by atoms with Crippen molar-refractivity contribution < 1.29 is 0 Å². The van der Waals surface area contributed by atoms with Gasteiger partial charge >= 0.3 is 5.69 Å². The lowest BCUT2D eigenvalue weighted by atomic mass is 10.0. The van der Waals surface area contributed by atoms with E-state index < -0.39 is 0 Å². The maximum absolute atomic E-state index is 14.1. The third kappa shape index (κ3) is 4.46. The summed E-state index contributed by atoms with van der Waals surface area (Å²) in [5.41, 5.74) is 6.32. The van der Waals surface area contributed by atoms with Gasteiger partial charge in [0.05, 0.1) is 47.7 Å². The molecule has 0 N–H and O–H groups in total. The molecule has 0 radical (unpaired) electrons. The van der Waals surface area contributed by atoms with Crippen LogP contribution in [0.5, 0.6) is 0 Å². The Balaban J connectivity index is 1.75. The second-order valence-corrected chi connectivity index (χ2v) is 8.51. The second-order valence-electron chi connectivity index (χ2n) is 8.51. The molecule has 1 aromatic heterocycles. The minimum absolute atomic E-state index is 0.139. The summed E-state index contributed by atoms with van der Waals surface area (Å²) in [6.45, 7) is 0.693. The van der Waals surface area contributed by atoms with Gasteiger partial charge in [0.25, 0.3) is 0 Å². The van der Waals surface area contributed by atoms with Crippen molar-refractivity contribution in [3.8, 4) is 34.7 Å². The van der Waals surface area contributed by atoms with Gasteiger partial charge in [-0.2, -0.15) is 10.5 Å². The molecule has 5 aromatic rings. The van der Waals surface area contributed by atoms with E-state index in [0.717, 1.165) is 33.6 Å². The summed E-state index contributed by atoms with van der Waals surface area (Å²) in [5.74, 6) is 0. The van der Waals surface area contributed by atoms with Gasteiger partial charge in [0.15, 0.2) is 0 Å². The van der Waals surface area contributed by atoms with Crippen LogP contribution in [-0.2, 0) is 13.1 Å². The van der Waals surface area contributed by atoms with Crippen LogP contribution in [0.1, 0.15) is 22.3 Å². The van der Waals surface area contributed by atoms with Crippen LogP contribution in [0.25, 0.3) is 22.5 Å². The first-order valence-electron chi connectivity index (χ1n) is 11.6. The van der Waals surface area contributed by atoms with E-state index in [0.29, 0.717) is 24.2 Å². The third-order valence-corrected chi connectivity index (χ3v) is 6.14. The van der Waals surface area contributed by atoms with Crippen molar-refractivity contribution in [1.82, 2.24) is 9.13 Å². The van der Waals surface area contributed by atoms with Gasteiger partial charge in [-0.25, -0.2) is 4.79 Å². The molecule has 36 heavy (non-hydrogen) atoms. The highest BCUT2D eigenvalue weighted by molar-refractivity contribution is 5.79. The first-order valence-corrected chi connectivity index (χ1v) is 11.6. The van der Waals surface area contributed by atoms with Crippen molar-refractivity contribution in [2.75, 3.05) is 0 Å². The molecular weight excluding hydrogens is 444 g/mol. The molecule has 5 rings (SSSR count). The summed E-state index contributed by atoms with van der Waals surface area (Å²) in [4.78, 5) is 14.1. The van der Waals surface area contributed by atoms with E-state index in [1.54, 1.807) is 27.3 Å². The first-order chi connectivity index (χ1) is 17.7. The van der Waals surface area contributed by atoms with Crippen molar-refractivity contribution in [3.05, 3.63) is 142 Å². The maximum atomic E-state index is 14.1. The largest absolute Gasteiger partial charge is 0.329 e. The molecule has 0 atom stereocenters. The predicted octanol–water partition coefficient (Wildman–Crippen LogP) is 5.82. The number of rotatable bonds is 6. The van der Waals surface area contributed by atoms with Gasteiger partial charge in [0.1, 0.15) is 0 Å². The van der Waals surface area contributed by atoms with E-state index >= 15 is 0 Å². The van der Waals surface area contributed by atoms with Crippen LogP contribution in [0, 0.1) is 22.7 Å². The highest BCUT2D eigenvalue weighted by Gasteiger charge is 2.23. The van der Waals surface area contributed by atoms with Crippen molar-refractivity contribution in [2.45, 2.75) is 13.1 Å². The summed E-state index contributed by atoms with van der Waals surface area (Å²) in [6, 6.07) is 38.8. The molecule has 0 aliphatic heterocycles. The van der Waals surface area contributed by atoms with Crippen LogP contribution in [0.3, 0.4) is 0 Å². The van der Waals surface area contributed by atoms with Crippen molar-refractivity contribution in [1.29, 1.82) is 10.5 Å². The highest BCUT2D eigenvalue weighted by Crippen LogP contribution is 2.32. The smallest absolute Gasteiger partial charge is 0.287 e. The van der Waals surface area contributed by atoms with Crippen LogP contribution in [0.4, 0.5) is 0 Å². The number of aromatic nitrogens is 2. The third-order valence-electron chi connectivity index (χ3n) is 6.14. The van der Waals surface area contributed by atoms with Gasteiger partial charge < -0.3 is 0 Å². The monoisotopic (exact) mass is 466 g/mol. The first kappa shape index (κ1) is 22.7. The number of nitriles is 2. The number of hydrogen-bond donors (Lipinski definition) is 0. The zero-order chi connectivity index (χ0) is 24.9. The molecule has 0 spiro atoms. The number of hydrogen-bond acceptors (Lipinski definition) is 3. The summed E-state index contributed by atoms with van der Waals surface area (Å²) < 4.78 is 3.59. The number of benzene rings is 4. The fraction of sp³-hybridized carbons (Fsp3) is 0.0645. The topological polar surface area (TPSA) is 74.5 Å². The molecule has 0 aliphatic carbocycles. The Bertz CT molecular complexity index is 1650. The summed E-state index contributed by atoms with van der Waals surface area (Å²) in [6.07, 6.45) is 0. The van der Waals surface area contributed by atoms with Crippen LogP contribution in [0.15, 0.2) is 114 Å². The van der Waals surface area contributed by atoms with Gasteiger partial charge in [-0.1, -0.05) is 84.9 Å². The molecule has 0 unspecified atom stereocenters. The fourth-order valence-electron chi connectivity index (χ4n) is 4.45. The molecule has 0 saturated carbocycles. The Morgan fingerprint density at radius 2 is 1.08 bits per heavy atom. The second kappa shape index (κ2) is 10.0. The molecule has 0 aliphatic rings. The van der Waals surface area contributed by atoms with Gasteiger partial charge in [-0.15, -0.1) is 0 Å². The van der Waals surface area contributed by atoms with Gasteiger partial charge in [0, 0.05) is 11.1 Å². The molecule has 4 aromatic carbocycles. The Morgan fingerprint density at radius 3 is 1.61 bits per heavy atom. The van der Waals surface area contributed by atoms with E-state index in [1.807, 2.05) is 91.0 Å². The zero-order valence-electron chi connectivity index (χ0n) is 19.5. The van der Waals surface area contributed by atoms with Gasteiger partial charge in [0.2, 0.25) is 0 Å². The molecular formula is C31H22N4O. The average molecular weight is 467 g/mol. The molecule has 0 fully saturated rings. The SMILES string of the molecule is N#Cc1ccc(Cn2c(-c3ccccc3)c(-c3ccccc3)n(Cc3cccc(C#N)c3)c2=O)cc1.